The van der Waals surface area contributed by atoms with Crippen molar-refractivity contribution in [3.05, 3.63) is 40.2 Å². The summed E-state index contributed by atoms with van der Waals surface area (Å²) < 4.78 is 6.67. The molecule has 0 radical (unpaired) electrons. The fourth-order valence-electron chi connectivity index (χ4n) is 1.85. The van der Waals surface area contributed by atoms with Crippen molar-refractivity contribution in [2.45, 2.75) is 6.42 Å². The fraction of sp³-hybridized carbons (Fsp3) is 0.231. The third-order valence-electron chi connectivity index (χ3n) is 2.78. The number of nitriles is 1. The molecule has 1 heterocycles. The van der Waals surface area contributed by atoms with Gasteiger partial charge < -0.3 is 9.30 Å². The predicted molar refractivity (Wildman–Crippen MR) is 65.1 cm³/mol. The second-order valence-corrected chi connectivity index (χ2v) is 3.79. The van der Waals surface area contributed by atoms with Crippen molar-refractivity contribution in [3.63, 3.8) is 0 Å². The normalized spacial score (nSPS) is 10.2. The van der Waals surface area contributed by atoms with Gasteiger partial charge in [0.25, 0.3) is 5.56 Å². The van der Waals surface area contributed by atoms with E-state index in [0.717, 1.165) is 10.9 Å². The summed E-state index contributed by atoms with van der Waals surface area (Å²) in [6.45, 7) is 0. The number of methoxy groups -OCH3 is 1. The first-order valence-corrected chi connectivity index (χ1v) is 5.21. The van der Waals surface area contributed by atoms with Gasteiger partial charge >= 0.3 is 0 Å². The number of pyridine rings is 1. The van der Waals surface area contributed by atoms with Gasteiger partial charge in [0.2, 0.25) is 0 Å². The molecule has 0 N–H and O–H groups in total. The molecule has 0 atom stereocenters. The van der Waals surface area contributed by atoms with Gasteiger partial charge in [-0.05, 0) is 23.6 Å². The molecule has 0 unspecified atom stereocenters. The van der Waals surface area contributed by atoms with Gasteiger partial charge in [-0.25, -0.2) is 0 Å². The van der Waals surface area contributed by atoms with Gasteiger partial charge in [-0.1, -0.05) is 0 Å². The van der Waals surface area contributed by atoms with Crippen molar-refractivity contribution in [1.82, 2.24) is 4.57 Å². The molecule has 4 nitrogen and oxygen atoms in total. The zero-order chi connectivity index (χ0) is 12.4. The third kappa shape index (κ3) is 1.87. The summed E-state index contributed by atoms with van der Waals surface area (Å²) in [5, 5.41) is 9.60. The molecule has 0 saturated heterocycles. The summed E-state index contributed by atoms with van der Waals surface area (Å²) in [7, 11) is 3.29. The van der Waals surface area contributed by atoms with E-state index >= 15 is 0 Å². The number of aryl methyl sites for hydroxylation is 1. The van der Waals surface area contributed by atoms with Crippen LogP contribution in [0, 0.1) is 11.3 Å². The van der Waals surface area contributed by atoms with Crippen molar-refractivity contribution in [1.29, 1.82) is 5.26 Å². The quantitative estimate of drug-likeness (QED) is 0.784. The maximum atomic E-state index is 11.9. The smallest absolute Gasteiger partial charge is 0.255 e. The monoisotopic (exact) mass is 228 g/mol. The van der Waals surface area contributed by atoms with Gasteiger partial charge in [0.1, 0.15) is 5.75 Å². The first-order chi connectivity index (χ1) is 8.17. The second-order valence-electron chi connectivity index (χ2n) is 3.79. The first kappa shape index (κ1) is 11.2. The van der Waals surface area contributed by atoms with Crippen LogP contribution in [0.5, 0.6) is 5.75 Å². The predicted octanol–water partition coefficient (Wildman–Crippen LogP) is 1.61. The first-order valence-electron chi connectivity index (χ1n) is 5.21. The molecule has 0 aliphatic carbocycles. The van der Waals surface area contributed by atoms with Gasteiger partial charge in [0, 0.05) is 18.7 Å². The van der Waals surface area contributed by atoms with Crippen LogP contribution in [0.4, 0.5) is 0 Å². The highest BCUT2D eigenvalue weighted by atomic mass is 16.5. The molecule has 1 aromatic carbocycles. The van der Waals surface area contributed by atoms with Gasteiger partial charge in [-0.15, -0.1) is 0 Å². The molecule has 2 rings (SSSR count). The molecule has 1 aromatic heterocycles. The fourth-order valence-corrected chi connectivity index (χ4v) is 1.85. The summed E-state index contributed by atoms with van der Waals surface area (Å²) in [6.07, 6.45) is 0.134. The molecule has 0 spiro atoms. The van der Waals surface area contributed by atoms with E-state index in [9.17, 15) is 4.79 Å². The Morgan fingerprint density at radius 3 is 2.82 bits per heavy atom. The third-order valence-corrected chi connectivity index (χ3v) is 2.78. The molecule has 0 amide bonds. The molecule has 0 fully saturated rings. The zero-order valence-corrected chi connectivity index (χ0v) is 9.73. The SMILES string of the molecule is COc1ccc2cc(CC#N)c(=O)n(C)c2c1. The number of rotatable bonds is 2. The molecule has 2 aromatic rings. The van der Waals surface area contributed by atoms with Crippen LogP contribution in [0.3, 0.4) is 0 Å². The average Bonchev–Trinajstić information content (AvgIpc) is 2.35. The molecule has 86 valence electrons. The summed E-state index contributed by atoms with van der Waals surface area (Å²) >= 11 is 0. The van der Waals surface area contributed by atoms with Crippen LogP contribution in [-0.2, 0) is 13.5 Å². The number of benzene rings is 1. The Bertz CT molecular complexity index is 665. The highest BCUT2D eigenvalue weighted by Gasteiger charge is 2.07. The van der Waals surface area contributed by atoms with Crippen LogP contribution in [0.1, 0.15) is 5.56 Å². The standard InChI is InChI=1S/C13H12N2O2/c1-15-12-8-11(17-2)4-3-9(12)7-10(5-6-14)13(15)16/h3-4,7-8H,5H2,1-2H3. The number of aromatic nitrogens is 1. The van der Waals surface area contributed by atoms with E-state index in [1.165, 1.54) is 0 Å². The van der Waals surface area contributed by atoms with E-state index in [0.29, 0.717) is 11.3 Å². The van der Waals surface area contributed by atoms with E-state index in [1.54, 1.807) is 24.8 Å². The lowest BCUT2D eigenvalue weighted by Gasteiger charge is -2.08. The summed E-state index contributed by atoms with van der Waals surface area (Å²) in [6, 6.07) is 9.30. The molecule has 0 aliphatic rings. The molecular weight excluding hydrogens is 216 g/mol. The number of ether oxygens (including phenoxy) is 1. The maximum absolute atomic E-state index is 11.9. The molecule has 17 heavy (non-hydrogen) atoms. The van der Waals surface area contributed by atoms with Gasteiger partial charge in [0.05, 0.1) is 25.1 Å². The minimum Gasteiger partial charge on any atom is -0.497 e. The van der Waals surface area contributed by atoms with Crippen LogP contribution < -0.4 is 10.3 Å². The van der Waals surface area contributed by atoms with Crippen molar-refractivity contribution >= 4 is 10.9 Å². The van der Waals surface area contributed by atoms with Crippen molar-refractivity contribution in [3.8, 4) is 11.8 Å². The van der Waals surface area contributed by atoms with Crippen LogP contribution in [0.15, 0.2) is 29.1 Å². The number of nitrogens with zero attached hydrogens (tertiary/aromatic N) is 2. The maximum Gasteiger partial charge on any atom is 0.255 e. The number of fused-ring (bicyclic) bond motifs is 1. The van der Waals surface area contributed by atoms with Crippen LogP contribution >= 0.6 is 0 Å². The van der Waals surface area contributed by atoms with E-state index < -0.39 is 0 Å². The molecular formula is C13H12N2O2. The van der Waals surface area contributed by atoms with E-state index in [-0.39, 0.29) is 12.0 Å². The molecule has 4 heteroatoms. The highest BCUT2D eigenvalue weighted by Crippen LogP contribution is 2.19. The lowest BCUT2D eigenvalue weighted by molar-refractivity contribution is 0.415. The van der Waals surface area contributed by atoms with Crippen molar-refractivity contribution < 1.29 is 4.74 Å². The van der Waals surface area contributed by atoms with Gasteiger partial charge in [-0.2, -0.15) is 5.26 Å². The molecule has 0 bridgehead atoms. The summed E-state index contributed by atoms with van der Waals surface area (Å²) in [4.78, 5) is 11.9. The Morgan fingerprint density at radius 2 is 2.18 bits per heavy atom. The Labute approximate surface area is 98.7 Å². The molecule has 0 aliphatic heterocycles. The summed E-state index contributed by atoms with van der Waals surface area (Å²) in [5.41, 5.74) is 1.19. The largest absolute Gasteiger partial charge is 0.497 e. The minimum atomic E-state index is -0.132. The Balaban J connectivity index is 2.77. The van der Waals surface area contributed by atoms with Crippen LogP contribution in [-0.4, -0.2) is 11.7 Å². The van der Waals surface area contributed by atoms with Crippen LogP contribution in [0.2, 0.25) is 0 Å². The second kappa shape index (κ2) is 4.30. The Kier molecular flexibility index (Phi) is 2.84. The molecule has 0 saturated carbocycles. The van der Waals surface area contributed by atoms with Crippen LogP contribution in [0.25, 0.3) is 10.9 Å². The summed E-state index contributed by atoms with van der Waals surface area (Å²) in [5.74, 6) is 0.709. The number of hydrogen-bond donors (Lipinski definition) is 0. The lowest BCUT2D eigenvalue weighted by Crippen LogP contribution is -2.21. The van der Waals surface area contributed by atoms with Crippen molar-refractivity contribution in [2.75, 3.05) is 7.11 Å². The van der Waals surface area contributed by atoms with E-state index in [4.69, 9.17) is 10.00 Å². The van der Waals surface area contributed by atoms with Crippen molar-refractivity contribution in [2.24, 2.45) is 7.05 Å². The Morgan fingerprint density at radius 1 is 1.41 bits per heavy atom. The average molecular weight is 228 g/mol. The highest BCUT2D eigenvalue weighted by molar-refractivity contribution is 5.81. The number of hydrogen-bond acceptors (Lipinski definition) is 3. The zero-order valence-electron chi connectivity index (χ0n) is 9.73. The van der Waals surface area contributed by atoms with Gasteiger partial charge in [-0.3, -0.25) is 4.79 Å². The van der Waals surface area contributed by atoms with E-state index in [2.05, 4.69) is 0 Å². The van der Waals surface area contributed by atoms with E-state index in [1.807, 2.05) is 24.3 Å². The lowest BCUT2D eigenvalue weighted by atomic mass is 10.1. The van der Waals surface area contributed by atoms with Gasteiger partial charge in [0.15, 0.2) is 0 Å². The Hall–Kier alpha value is -2.28. The minimum absolute atomic E-state index is 0.132. The topological polar surface area (TPSA) is 55.0 Å².